The summed E-state index contributed by atoms with van der Waals surface area (Å²) in [5.74, 6) is -0.635. The summed E-state index contributed by atoms with van der Waals surface area (Å²) in [4.78, 5) is 11.3. The minimum Gasteiger partial charge on any atom is -0.366 e. The number of primary amides is 1. The normalized spacial score (nSPS) is 23.3. The summed E-state index contributed by atoms with van der Waals surface area (Å²) in [5, 5.41) is 3.23. The lowest BCUT2D eigenvalue weighted by atomic mass is 10.1. The Morgan fingerprint density at radius 1 is 1.38 bits per heavy atom. The Kier molecular flexibility index (Phi) is 5.75. The van der Waals surface area contributed by atoms with E-state index in [2.05, 4.69) is 5.32 Å². The molecule has 1 aromatic rings. The third-order valence-corrected chi connectivity index (χ3v) is 5.68. The first kappa shape index (κ1) is 17.9. The monoisotopic (exact) mass is 333 g/mol. The molecule has 21 heavy (non-hydrogen) atoms. The molecule has 0 aromatic heterocycles. The van der Waals surface area contributed by atoms with Gasteiger partial charge in [-0.3, -0.25) is 4.79 Å². The zero-order valence-corrected chi connectivity index (χ0v) is 13.6. The van der Waals surface area contributed by atoms with Gasteiger partial charge in [-0.1, -0.05) is 6.07 Å². The van der Waals surface area contributed by atoms with Gasteiger partial charge in [0.2, 0.25) is 15.9 Å². The van der Waals surface area contributed by atoms with Crippen LogP contribution in [0.3, 0.4) is 0 Å². The van der Waals surface area contributed by atoms with Crippen LogP contribution in [0.4, 0.5) is 0 Å². The van der Waals surface area contributed by atoms with Gasteiger partial charge in [0.15, 0.2) is 0 Å². The molecule has 2 unspecified atom stereocenters. The van der Waals surface area contributed by atoms with Crippen molar-refractivity contribution in [3.8, 4) is 0 Å². The van der Waals surface area contributed by atoms with Gasteiger partial charge in [-0.25, -0.2) is 8.42 Å². The van der Waals surface area contributed by atoms with Crippen molar-refractivity contribution in [2.24, 2.45) is 5.73 Å². The molecule has 118 valence electrons. The first-order valence-corrected chi connectivity index (χ1v) is 7.93. The smallest absolute Gasteiger partial charge is 0.248 e. The molecule has 6 nitrogen and oxygen atoms in total. The van der Waals surface area contributed by atoms with Crippen molar-refractivity contribution in [2.75, 3.05) is 13.1 Å². The van der Waals surface area contributed by atoms with E-state index in [9.17, 15) is 13.2 Å². The van der Waals surface area contributed by atoms with Crippen LogP contribution >= 0.6 is 12.4 Å². The second kappa shape index (κ2) is 6.74. The molecular formula is C13H20ClN3O3S. The summed E-state index contributed by atoms with van der Waals surface area (Å²) < 4.78 is 26.8. The third-order valence-electron chi connectivity index (χ3n) is 3.70. The van der Waals surface area contributed by atoms with Crippen LogP contribution in [-0.2, 0) is 10.0 Å². The van der Waals surface area contributed by atoms with Gasteiger partial charge < -0.3 is 11.1 Å². The summed E-state index contributed by atoms with van der Waals surface area (Å²) in [7, 11) is -3.61. The van der Waals surface area contributed by atoms with E-state index in [1.54, 1.807) is 0 Å². The molecule has 1 fully saturated rings. The van der Waals surface area contributed by atoms with E-state index < -0.39 is 15.9 Å². The number of rotatable bonds is 3. The van der Waals surface area contributed by atoms with Crippen LogP contribution in [0.25, 0.3) is 0 Å². The van der Waals surface area contributed by atoms with E-state index in [0.717, 1.165) is 0 Å². The number of nitrogens with two attached hydrogens (primary N) is 1. The lowest BCUT2D eigenvalue weighted by Crippen LogP contribution is -2.57. The van der Waals surface area contributed by atoms with Gasteiger partial charge in [0.1, 0.15) is 0 Å². The van der Waals surface area contributed by atoms with Crippen molar-refractivity contribution < 1.29 is 13.2 Å². The van der Waals surface area contributed by atoms with Crippen molar-refractivity contribution in [3.63, 3.8) is 0 Å². The minimum atomic E-state index is -3.61. The summed E-state index contributed by atoms with van der Waals surface area (Å²) in [5.41, 5.74) is 5.39. The van der Waals surface area contributed by atoms with Crippen molar-refractivity contribution >= 4 is 28.3 Å². The number of benzene rings is 1. The fourth-order valence-corrected chi connectivity index (χ4v) is 4.06. The average molecular weight is 334 g/mol. The molecule has 1 aliphatic heterocycles. The fourth-order valence-electron chi connectivity index (χ4n) is 2.31. The van der Waals surface area contributed by atoms with Gasteiger partial charge in [-0.05, 0) is 32.0 Å². The molecule has 2 rings (SSSR count). The van der Waals surface area contributed by atoms with E-state index in [1.807, 2.05) is 13.8 Å². The van der Waals surface area contributed by atoms with Crippen molar-refractivity contribution in [2.45, 2.75) is 30.8 Å². The molecule has 0 spiro atoms. The molecule has 0 radical (unpaired) electrons. The van der Waals surface area contributed by atoms with Crippen LogP contribution in [0.1, 0.15) is 24.2 Å². The molecule has 3 N–H and O–H groups in total. The largest absolute Gasteiger partial charge is 0.366 e. The maximum atomic E-state index is 12.7. The molecule has 1 amide bonds. The zero-order valence-electron chi connectivity index (χ0n) is 11.9. The fraction of sp³-hybridized carbons (Fsp3) is 0.462. The molecule has 0 saturated carbocycles. The number of hydrogen-bond acceptors (Lipinski definition) is 4. The highest BCUT2D eigenvalue weighted by Crippen LogP contribution is 2.22. The second-order valence-electron chi connectivity index (χ2n) is 4.99. The Bertz CT molecular complexity index is 621. The van der Waals surface area contributed by atoms with Crippen LogP contribution in [0, 0.1) is 0 Å². The van der Waals surface area contributed by atoms with Gasteiger partial charge in [0, 0.05) is 30.7 Å². The highest BCUT2D eigenvalue weighted by atomic mass is 35.5. The third kappa shape index (κ3) is 3.55. The number of sulfonamides is 1. The van der Waals surface area contributed by atoms with Gasteiger partial charge in [0.25, 0.3) is 0 Å². The molecule has 8 heteroatoms. The highest BCUT2D eigenvalue weighted by Gasteiger charge is 2.34. The molecular weight excluding hydrogens is 314 g/mol. The molecule has 1 heterocycles. The number of carbonyl (C=O) groups excluding carboxylic acids is 1. The quantitative estimate of drug-likeness (QED) is 0.846. The lowest BCUT2D eigenvalue weighted by molar-refractivity contribution is 0.1000. The van der Waals surface area contributed by atoms with Crippen LogP contribution in [0.2, 0.25) is 0 Å². The molecule has 2 atom stereocenters. The number of hydrogen-bond donors (Lipinski definition) is 2. The number of nitrogens with zero attached hydrogens (tertiary/aromatic N) is 1. The first-order valence-electron chi connectivity index (χ1n) is 6.49. The Hall–Kier alpha value is -1.15. The van der Waals surface area contributed by atoms with E-state index in [-0.39, 0.29) is 34.9 Å². The van der Waals surface area contributed by atoms with E-state index in [1.165, 1.54) is 28.6 Å². The van der Waals surface area contributed by atoms with Gasteiger partial charge in [0.05, 0.1) is 4.90 Å². The van der Waals surface area contributed by atoms with Gasteiger partial charge >= 0.3 is 0 Å². The molecule has 0 bridgehead atoms. The summed E-state index contributed by atoms with van der Waals surface area (Å²) >= 11 is 0. The molecule has 1 saturated heterocycles. The number of nitrogens with one attached hydrogen (secondary N) is 1. The van der Waals surface area contributed by atoms with Crippen LogP contribution in [0.5, 0.6) is 0 Å². The lowest BCUT2D eigenvalue weighted by Gasteiger charge is -2.37. The Morgan fingerprint density at radius 2 is 2.05 bits per heavy atom. The first-order chi connectivity index (χ1) is 9.34. The predicted octanol–water partition coefficient (Wildman–Crippen LogP) is 0.578. The van der Waals surface area contributed by atoms with Gasteiger partial charge in [-0.15, -0.1) is 12.4 Å². The van der Waals surface area contributed by atoms with Crippen molar-refractivity contribution in [1.82, 2.24) is 9.62 Å². The Morgan fingerprint density at radius 3 is 2.67 bits per heavy atom. The van der Waals surface area contributed by atoms with Crippen LogP contribution in [0.15, 0.2) is 29.2 Å². The number of halogens is 1. The molecule has 1 aliphatic rings. The summed E-state index contributed by atoms with van der Waals surface area (Å²) in [6.07, 6.45) is 0. The van der Waals surface area contributed by atoms with E-state index in [0.29, 0.717) is 13.1 Å². The van der Waals surface area contributed by atoms with Crippen LogP contribution < -0.4 is 11.1 Å². The Balaban J connectivity index is 0.00000220. The maximum Gasteiger partial charge on any atom is 0.248 e. The topological polar surface area (TPSA) is 92.5 Å². The number of carbonyl (C=O) groups is 1. The van der Waals surface area contributed by atoms with Gasteiger partial charge in [-0.2, -0.15) is 4.31 Å². The standard InChI is InChI=1S/C13H19N3O3S.ClH/c1-9-10(2)16(7-6-15-9)20(18,19)12-5-3-4-11(8-12)13(14)17;/h3-5,8-10,15H,6-7H2,1-2H3,(H2,14,17);1H. The van der Waals surface area contributed by atoms with E-state index >= 15 is 0 Å². The Labute approximate surface area is 131 Å². The molecule has 0 aliphatic carbocycles. The van der Waals surface area contributed by atoms with Crippen molar-refractivity contribution in [3.05, 3.63) is 29.8 Å². The minimum absolute atomic E-state index is 0. The second-order valence-corrected chi connectivity index (χ2v) is 6.88. The van der Waals surface area contributed by atoms with Crippen LogP contribution in [-0.4, -0.2) is 43.8 Å². The zero-order chi connectivity index (χ0) is 14.9. The van der Waals surface area contributed by atoms with E-state index in [4.69, 9.17) is 5.73 Å². The maximum absolute atomic E-state index is 12.7. The average Bonchev–Trinajstić information content (AvgIpc) is 2.41. The number of piperazine rings is 1. The SMILES string of the molecule is CC1NCCN(S(=O)(=O)c2cccc(C(N)=O)c2)C1C.Cl. The van der Waals surface area contributed by atoms with Crippen molar-refractivity contribution in [1.29, 1.82) is 0 Å². The summed E-state index contributed by atoms with van der Waals surface area (Å²) in [6.45, 7) is 4.84. The molecule has 1 aromatic carbocycles. The predicted molar refractivity (Wildman–Crippen MR) is 83.0 cm³/mol. The number of amides is 1. The summed E-state index contributed by atoms with van der Waals surface area (Å²) in [6, 6.07) is 5.79. The highest BCUT2D eigenvalue weighted by molar-refractivity contribution is 7.89.